The number of rotatable bonds is 10. The average molecular weight is 432 g/mol. The van der Waals surface area contributed by atoms with Crippen LogP contribution in [-0.2, 0) is 6.61 Å². The van der Waals surface area contributed by atoms with Gasteiger partial charge in [-0.15, -0.1) is 0 Å². The fraction of sp³-hybridized carbons (Fsp3) is 0.321. The maximum Gasteiger partial charge on any atom is 0.162 e. The molecule has 32 heavy (non-hydrogen) atoms. The Morgan fingerprint density at radius 2 is 1.72 bits per heavy atom. The first-order chi connectivity index (χ1) is 15.7. The smallest absolute Gasteiger partial charge is 0.162 e. The van der Waals surface area contributed by atoms with Gasteiger partial charge in [0.1, 0.15) is 18.2 Å². The highest BCUT2D eigenvalue weighted by Crippen LogP contribution is 2.29. The second kappa shape index (κ2) is 10.9. The third-order valence-electron chi connectivity index (χ3n) is 6.17. The van der Waals surface area contributed by atoms with E-state index in [1.54, 1.807) is 18.2 Å². The molecule has 0 amide bonds. The topological polar surface area (TPSA) is 38.3 Å². The van der Waals surface area contributed by atoms with E-state index in [1.807, 2.05) is 48.5 Å². The molecule has 0 bridgehead atoms. The van der Waals surface area contributed by atoms with E-state index >= 15 is 0 Å². The molecule has 0 spiro atoms. The summed E-state index contributed by atoms with van der Waals surface area (Å²) < 4.78 is 19.4. The van der Waals surface area contributed by atoms with Crippen molar-refractivity contribution < 1.29 is 13.9 Å². The van der Waals surface area contributed by atoms with Crippen LogP contribution >= 0.6 is 0 Å². The van der Waals surface area contributed by atoms with Gasteiger partial charge in [-0.2, -0.15) is 0 Å². The molecule has 0 unspecified atom stereocenters. The highest BCUT2D eigenvalue weighted by atomic mass is 19.1. The van der Waals surface area contributed by atoms with E-state index < -0.39 is 0 Å². The lowest BCUT2D eigenvalue weighted by atomic mass is 9.98. The van der Waals surface area contributed by atoms with Crippen LogP contribution < -0.4 is 10.1 Å². The Labute approximate surface area is 189 Å². The van der Waals surface area contributed by atoms with Crippen LogP contribution in [0.4, 0.5) is 15.8 Å². The van der Waals surface area contributed by atoms with Crippen LogP contribution in [0.1, 0.15) is 60.9 Å². The summed E-state index contributed by atoms with van der Waals surface area (Å²) in [6.45, 7) is 0.185. The number of ether oxygens (including phenoxy) is 1. The van der Waals surface area contributed by atoms with E-state index in [1.165, 1.54) is 38.2 Å². The van der Waals surface area contributed by atoms with Crippen LogP contribution in [0.5, 0.6) is 5.75 Å². The standard InChI is InChI=1S/C28H30FNO2/c29-27-13-4-3-10-23(27)20-32-26-17-15-24(16-18-26)30-25-12-6-11-22(19-25)28(31)14-5-9-21-7-1-2-8-21/h3-4,6,10-13,15-19,21,30H,1-2,5,7-9,14,20H2. The van der Waals surface area contributed by atoms with Gasteiger partial charge in [0, 0.05) is 28.9 Å². The van der Waals surface area contributed by atoms with E-state index in [4.69, 9.17) is 4.74 Å². The van der Waals surface area contributed by atoms with E-state index in [2.05, 4.69) is 5.32 Å². The minimum atomic E-state index is -0.265. The van der Waals surface area contributed by atoms with Crippen molar-refractivity contribution in [3.63, 3.8) is 0 Å². The SMILES string of the molecule is O=C(CCCC1CCCC1)c1cccc(Nc2ccc(OCc3ccccc3F)cc2)c1. The number of hydrogen-bond donors (Lipinski definition) is 1. The normalized spacial score (nSPS) is 13.8. The molecule has 1 saturated carbocycles. The third kappa shape index (κ3) is 6.19. The summed E-state index contributed by atoms with van der Waals surface area (Å²) in [6.07, 6.45) is 8.15. The van der Waals surface area contributed by atoms with Crippen LogP contribution in [0.15, 0.2) is 72.8 Å². The van der Waals surface area contributed by atoms with E-state index in [-0.39, 0.29) is 18.2 Å². The van der Waals surface area contributed by atoms with Gasteiger partial charge in [-0.3, -0.25) is 4.79 Å². The number of carbonyl (C=O) groups excluding carboxylic acids is 1. The first-order valence-electron chi connectivity index (χ1n) is 11.5. The molecule has 1 aliphatic carbocycles. The summed E-state index contributed by atoms with van der Waals surface area (Å²) in [7, 11) is 0. The monoisotopic (exact) mass is 431 g/mol. The molecular weight excluding hydrogens is 401 g/mol. The second-order valence-corrected chi connectivity index (χ2v) is 8.58. The highest BCUT2D eigenvalue weighted by Gasteiger charge is 2.15. The van der Waals surface area contributed by atoms with Crippen molar-refractivity contribution in [2.24, 2.45) is 5.92 Å². The fourth-order valence-corrected chi connectivity index (χ4v) is 4.34. The van der Waals surface area contributed by atoms with Crippen LogP contribution in [0.2, 0.25) is 0 Å². The highest BCUT2D eigenvalue weighted by molar-refractivity contribution is 5.97. The van der Waals surface area contributed by atoms with E-state index in [9.17, 15) is 9.18 Å². The van der Waals surface area contributed by atoms with E-state index in [0.29, 0.717) is 17.7 Å². The predicted molar refractivity (Wildman–Crippen MR) is 127 cm³/mol. The Kier molecular flexibility index (Phi) is 7.55. The summed E-state index contributed by atoms with van der Waals surface area (Å²) in [4.78, 5) is 12.6. The fourth-order valence-electron chi connectivity index (χ4n) is 4.34. The second-order valence-electron chi connectivity index (χ2n) is 8.58. The number of carbonyl (C=O) groups is 1. The quantitative estimate of drug-likeness (QED) is 0.334. The molecular formula is C28H30FNO2. The lowest BCUT2D eigenvalue weighted by Gasteiger charge is -2.11. The van der Waals surface area contributed by atoms with Gasteiger partial charge >= 0.3 is 0 Å². The van der Waals surface area contributed by atoms with Crippen molar-refractivity contribution in [3.8, 4) is 5.75 Å². The van der Waals surface area contributed by atoms with Gasteiger partial charge in [0.15, 0.2) is 5.78 Å². The van der Waals surface area contributed by atoms with E-state index in [0.717, 1.165) is 29.3 Å². The molecule has 0 heterocycles. The lowest BCUT2D eigenvalue weighted by molar-refractivity contribution is 0.0977. The Morgan fingerprint density at radius 3 is 2.50 bits per heavy atom. The molecule has 0 atom stereocenters. The van der Waals surface area contributed by atoms with Crippen LogP contribution in [0.3, 0.4) is 0 Å². The maximum absolute atomic E-state index is 13.7. The molecule has 0 aliphatic heterocycles. The molecule has 4 rings (SSSR count). The van der Waals surface area contributed by atoms with Crippen LogP contribution in [0, 0.1) is 11.7 Å². The predicted octanol–water partition coefficient (Wildman–Crippen LogP) is 7.69. The molecule has 3 aromatic rings. The number of ketones is 1. The van der Waals surface area contributed by atoms with Gasteiger partial charge in [0.25, 0.3) is 0 Å². The molecule has 3 aromatic carbocycles. The zero-order chi connectivity index (χ0) is 22.2. The number of halogens is 1. The number of hydrogen-bond acceptors (Lipinski definition) is 3. The molecule has 1 fully saturated rings. The van der Waals surface area contributed by atoms with Crippen molar-refractivity contribution in [2.45, 2.75) is 51.6 Å². The largest absolute Gasteiger partial charge is 0.489 e. The molecule has 0 saturated heterocycles. The zero-order valence-corrected chi connectivity index (χ0v) is 18.4. The van der Waals surface area contributed by atoms with Crippen molar-refractivity contribution >= 4 is 17.2 Å². The molecule has 4 heteroatoms. The molecule has 166 valence electrons. The van der Waals surface area contributed by atoms with Gasteiger partial charge in [0.2, 0.25) is 0 Å². The Morgan fingerprint density at radius 1 is 0.938 bits per heavy atom. The summed E-state index contributed by atoms with van der Waals surface area (Å²) in [5.74, 6) is 1.45. The Balaban J connectivity index is 1.29. The number of Topliss-reactive ketones (excluding diaryl/α,β-unsaturated/α-hetero) is 1. The number of nitrogens with one attached hydrogen (secondary N) is 1. The van der Waals surface area contributed by atoms with Crippen molar-refractivity contribution in [1.29, 1.82) is 0 Å². The summed E-state index contributed by atoms with van der Waals surface area (Å²) >= 11 is 0. The van der Waals surface area contributed by atoms with Gasteiger partial charge in [-0.25, -0.2) is 4.39 Å². The summed E-state index contributed by atoms with van der Waals surface area (Å²) in [6, 6.07) is 21.8. The first-order valence-corrected chi connectivity index (χ1v) is 11.5. The zero-order valence-electron chi connectivity index (χ0n) is 18.4. The van der Waals surface area contributed by atoms with Crippen molar-refractivity contribution in [2.75, 3.05) is 5.32 Å². The maximum atomic E-state index is 13.7. The van der Waals surface area contributed by atoms with Crippen LogP contribution in [0.25, 0.3) is 0 Å². The van der Waals surface area contributed by atoms with Gasteiger partial charge in [-0.05, 0) is 54.8 Å². The first kappa shape index (κ1) is 22.1. The average Bonchev–Trinajstić information content (AvgIpc) is 3.33. The van der Waals surface area contributed by atoms with Crippen molar-refractivity contribution in [3.05, 3.63) is 89.7 Å². The van der Waals surface area contributed by atoms with Gasteiger partial charge < -0.3 is 10.1 Å². The minimum Gasteiger partial charge on any atom is -0.489 e. The molecule has 0 aromatic heterocycles. The third-order valence-corrected chi connectivity index (χ3v) is 6.17. The van der Waals surface area contributed by atoms with Gasteiger partial charge in [-0.1, -0.05) is 62.4 Å². The number of anilines is 2. The Bertz CT molecular complexity index is 1030. The molecule has 0 radical (unpaired) electrons. The molecule has 1 aliphatic rings. The van der Waals surface area contributed by atoms with Crippen molar-refractivity contribution in [1.82, 2.24) is 0 Å². The summed E-state index contributed by atoms with van der Waals surface area (Å²) in [5.41, 5.74) is 3.06. The van der Waals surface area contributed by atoms with Crippen LogP contribution in [-0.4, -0.2) is 5.78 Å². The minimum absolute atomic E-state index is 0.185. The lowest BCUT2D eigenvalue weighted by Crippen LogP contribution is -2.02. The van der Waals surface area contributed by atoms with Gasteiger partial charge in [0.05, 0.1) is 0 Å². The molecule has 3 nitrogen and oxygen atoms in total. The molecule has 1 N–H and O–H groups in total. The summed E-state index contributed by atoms with van der Waals surface area (Å²) in [5, 5.41) is 3.34. The Hall–Kier alpha value is -3.14. The number of benzene rings is 3.